The van der Waals surface area contributed by atoms with Crippen molar-refractivity contribution in [2.24, 2.45) is 17.8 Å². The molecule has 3 heterocycles. The van der Waals surface area contributed by atoms with Crippen molar-refractivity contribution in [3.05, 3.63) is 25.3 Å². The summed E-state index contributed by atoms with van der Waals surface area (Å²) in [5.41, 5.74) is -2.55. The Balaban J connectivity index is 2.17. The van der Waals surface area contributed by atoms with Gasteiger partial charge < -0.3 is 24.4 Å². The number of aliphatic hydroxyl groups excluding tert-OH is 1. The highest BCUT2D eigenvalue weighted by Crippen LogP contribution is 2.65. The molecule has 0 aromatic heterocycles. The van der Waals surface area contributed by atoms with Crippen LogP contribution in [0, 0.1) is 17.8 Å². The van der Waals surface area contributed by atoms with Crippen LogP contribution in [0.4, 0.5) is 0 Å². The SMILES string of the molecule is C=CCCOC(=O)[C@H]1[C@H]2C(=O)N([C@@H](CO)C(C)C)C(C(=O)N(CC=C)C(C)(C)C)C23CC[C@]1(CC)O3. The molecule has 8 nitrogen and oxygen atoms in total. The molecule has 0 aromatic carbocycles. The van der Waals surface area contributed by atoms with Gasteiger partial charge in [-0.1, -0.05) is 32.9 Å². The van der Waals surface area contributed by atoms with E-state index in [0.717, 1.165) is 0 Å². The molecule has 3 aliphatic heterocycles. The lowest BCUT2D eigenvalue weighted by molar-refractivity contribution is -0.165. The molecule has 0 radical (unpaired) electrons. The van der Waals surface area contributed by atoms with Crippen molar-refractivity contribution in [2.45, 2.75) is 96.1 Å². The third-order valence-electron chi connectivity index (χ3n) is 8.37. The zero-order valence-electron chi connectivity index (χ0n) is 22.8. The van der Waals surface area contributed by atoms with Crippen molar-refractivity contribution < 1.29 is 29.0 Å². The van der Waals surface area contributed by atoms with Crippen LogP contribution in [-0.4, -0.2) is 81.3 Å². The Labute approximate surface area is 215 Å². The maximum Gasteiger partial charge on any atom is 0.312 e. The highest BCUT2D eigenvalue weighted by molar-refractivity contribution is 5.99. The molecule has 0 aromatic rings. The minimum Gasteiger partial charge on any atom is -0.465 e. The Bertz CT molecular complexity index is 895. The van der Waals surface area contributed by atoms with Crippen LogP contribution in [0.3, 0.4) is 0 Å². The lowest BCUT2D eigenvalue weighted by Crippen LogP contribution is -2.62. The number of hydrogen-bond acceptors (Lipinski definition) is 6. The van der Waals surface area contributed by atoms with Crippen LogP contribution in [0.15, 0.2) is 25.3 Å². The van der Waals surface area contributed by atoms with Crippen molar-refractivity contribution in [2.75, 3.05) is 19.8 Å². The second-order valence-corrected chi connectivity index (χ2v) is 11.7. The van der Waals surface area contributed by atoms with Gasteiger partial charge in [-0.2, -0.15) is 0 Å². The summed E-state index contributed by atoms with van der Waals surface area (Å²) in [5.74, 6) is -2.77. The molecule has 0 aliphatic carbocycles. The summed E-state index contributed by atoms with van der Waals surface area (Å²) in [6.45, 7) is 19.3. The molecule has 3 saturated heterocycles. The van der Waals surface area contributed by atoms with Gasteiger partial charge in [0.05, 0.1) is 30.8 Å². The number of carbonyl (C=O) groups excluding carboxylic acids is 3. The average molecular weight is 505 g/mol. The minimum absolute atomic E-state index is 0.109. The lowest BCUT2D eigenvalue weighted by atomic mass is 9.65. The third-order valence-corrected chi connectivity index (χ3v) is 8.37. The zero-order valence-corrected chi connectivity index (χ0v) is 22.8. The second-order valence-electron chi connectivity index (χ2n) is 11.7. The van der Waals surface area contributed by atoms with Crippen LogP contribution in [0.5, 0.6) is 0 Å². The molecule has 8 heteroatoms. The highest BCUT2D eigenvalue weighted by Gasteiger charge is 2.79. The molecule has 202 valence electrons. The fraction of sp³-hybridized carbons (Fsp3) is 0.750. The number of carbonyl (C=O) groups is 3. The van der Waals surface area contributed by atoms with Crippen LogP contribution in [0.25, 0.3) is 0 Å². The van der Waals surface area contributed by atoms with Gasteiger partial charge in [-0.25, -0.2) is 0 Å². The van der Waals surface area contributed by atoms with Crippen LogP contribution in [0.1, 0.15) is 67.2 Å². The molecule has 1 spiro atoms. The average Bonchev–Trinajstić information content (AvgIpc) is 3.41. The maximum atomic E-state index is 14.4. The van der Waals surface area contributed by atoms with Crippen molar-refractivity contribution in [3.63, 3.8) is 0 Å². The van der Waals surface area contributed by atoms with E-state index in [4.69, 9.17) is 9.47 Å². The van der Waals surface area contributed by atoms with Crippen LogP contribution in [0.2, 0.25) is 0 Å². The normalized spacial score (nSPS) is 31.9. The summed E-state index contributed by atoms with van der Waals surface area (Å²) < 4.78 is 12.4. The summed E-state index contributed by atoms with van der Waals surface area (Å²) >= 11 is 0. The van der Waals surface area contributed by atoms with E-state index in [2.05, 4.69) is 13.2 Å². The molecule has 2 bridgehead atoms. The fourth-order valence-electron chi connectivity index (χ4n) is 6.58. The van der Waals surface area contributed by atoms with E-state index in [1.807, 2.05) is 41.5 Å². The molecule has 3 fully saturated rings. The first-order valence-corrected chi connectivity index (χ1v) is 13.2. The summed E-state index contributed by atoms with van der Waals surface area (Å²) in [6, 6.07) is -1.54. The largest absolute Gasteiger partial charge is 0.465 e. The molecule has 0 saturated carbocycles. The minimum atomic E-state index is -1.15. The fourth-order valence-corrected chi connectivity index (χ4v) is 6.58. The Morgan fingerprint density at radius 1 is 1.28 bits per heavy atom. The smallest absolute Gasteiger partial charge is 0.312 e. The molecule has 6 atom stereocenters. The number of rotatable bonds is 11. The van der Waals surface area contributed by atoms with Gasteiger partial charge >= 0.3 is 5.97 Å². The number of amides is 2. The second kappa shape index (κ2) is 10.3. The van der Waals surface area contributed by atoms with Crippen LogP contribution < -0.4 is 0 Å². The van der Waals surface area contributed by atoms with E-state index < -0.39 is 46.6 Å². The van der Waals surface area contributed by atoms with Gasteiger partial charge in [-0.15, -0.1) is 13.2 Å². The van der Waals surface area contributed by atoms with Crippen molar-refractivity contribution in [1.82, 2.24) is 9.80 Å². The van der Waals surface area contributed by atoms with Gasteiger partial charge in [0.1, 0.15) is 17.6 Å². The number of ether oxygens (including phenoxy) is 2. The number of esters is 1. The van der Waals surface area contributed by atoms with E-state index in [-0.39, 0.29) is 30.9 Å². The van der Waals surface area contributed by atoms with E-state index in [0.29, 0.717) is 32.2 Å². The standard InChI is InChI=1S/C28H44N2O6/c1-9-12-16-35-25(34)21-20-23(32)30(19(17-31)18(4)5)22(24(33)29(15-10-2)26(6,7)8)28(20)14-13-27(21,11-3)36-28/h9-10,18-22,31H,1-2,11-17H2,3-8H3/t19-,20-,21+,22?,27-,28?/m0/s1. The summed E-state index contributed by atoms with van der Waals surface area (Å²) in [5, 5.41) is 10.3. The summed E-state index contributed by atoms with van der Waals surface area (Å²) in [4.78, 5) is 45.3. The first kappa shape index (κ1) is 28.4. The van der Waals surface area contributed by atoms with Crippen molar-refractivity contribution in [3.8, 4) is 0 Å². The van der Waals surface area contributed by atoms with Crippen LogP contribution >= 0.6 is 0 Å². The third kappa shape index (κ3) is 4.30. The predicted molar refractivity (Wildman–Crippen MR) is 137 cm³/mol. The number of likely N-dealkylation sites (tertiary alicyclic amines) is 1. The monoisotopic (exact) mass is 504 g/mol. The van der Waals surface area contributed by atoms with E-state index in [1.54, 1.807) is 17.1 Å². The molecular formula is C28H44N2O6. The van der Waals surface area contributed by atoms with E-state index in [1.165, 1.54) is 4.90 Å². The Hall–Kier alpha value is -2.19. The highest BCUT2D eigenvalue weighted by atomic mass is 16.6. The zero-order chi connectivity index (χ0) is 27.1. The summed E-state index contributed by atoms with van der Waals surface area (Å²) in [6.07, 6.45) is 5.44. The first-order chi connectivity index (χ1) is 16.9. The molecule has 3 aliphatic rings. The molecule has 2 amide bonds. The molecule has 3 rings (SSSR count). The first-order valence-electron chi connectivity index (χ1n) is 13.2. The van der Waals surface area contributed by atoms with Gasteiger partial charge in [-0.3, -0.25) is 14.4 Å². The quantitative estimate of drug-likeness (QED) is 0.264. The Kier molecular flexibility index (Phi) is 8.11. The van der Waals surface area contributed by atoms with Crippen molar-refractivity contribution >= 4 is 17.8 Å². The molecule has 36 heavy (non-hydrogen) atoms. The molecule has 2 unspecified atom stereocenters. The number of nitrogens with zero attached hydrogens (tertiary/aromatic N) is 2. The Morgan fingerprint density at radius 2 is 1.94 bits per heavy atom. The van der Waals surface area contributed by atoms with Crippen molar-refractivity contribution in [1.29, 1.82) is 0 Å². The number of fused-ring (bicyclic) bond motifs is 1. The topological polar surface area (TPSA) is 96.4 Å². The Morgan fingerprint density at radius 3 is 2.44 bits per heavy atom. The van der Waals surface area contributed by atoms with Gasteiger partial charge in [0.2, 0.25) is 11.8 Å². The van der Waals surface area contributed by atoms with E-state index >= 15 is 0 Å². The van der Waals surface area contributed by atoms with Gasteiger partial charge in [0, 0.05) is 12.1 Å². The van der Waals surface area contributed by atoms with Gasteiger partial charge in [-0.05, 0) is 52.4 Å². The van der Waals surface area contributed by atoms with Gasteiger partial charge in [0.25, 0.3) is 0 Å². The lowest BCUT2D eigenvalue weighted by Gasteiger charge is -2.44. The van der Waals surface area contributed by atoms with E-state index in [9.17, 15) is 19.5 Å². The summed E-state index contributed by atoms with van der Waals surface area (Å²) in [7, 11) is 0. The number of aliphatic hydroxyl groups is 1. The predicted octanol–water partition coefficient (Wildman–Crippen LogP) is 3.09. The molecule has 1 N–H and O–H groups in total. The molecular weight excluding hydrogens is 460 g/mol. The number of hydrogen-bond donors (Lipinski definition) is 1. The van der Waals surface area contributed by atoms with Gasteiger partial charge in [0.15, 0.2) is 0 Å². The van der Waals surface area contributed by atoms with Crippen LogP contribution in [-0.2, 0) is 23.9 Å². The maximum absolute atomic E-state index is 14.4.